The maximum Gasteiger partial charge on any atom is 0.323 e. The number of aliphatic carboxylic acids is 1. The maximum absolute atomic E-state index is 11.4. The van der Waals surface area contributed by atoms with Crippen LogP contribution >= 0.6 is 11.6 Å². The van der Waals surface area contributed by atoms with Crippen LogP contribution in [0.15, 0.2) is 78.9 Å². The second-order valence-electron chi connectivity index (χ2n) is 9.75. The highest BCUT2D eigenvalue weighted by Crippen LogP contribution is 2.38. The molecule has 5 rings (SSSR count). The van der Waals surface area contributed by atoms with E-state index in [0.717, 1.165) is 22.3 Å². The smallest absolute Gasteiger partial charge is 0.323 e. The van der Waals surface area contributed by atoms with Crippen LogP contribution < -0.4 is 24.3 Å². The van der Waals surface area contributed by atoms with Crippen LogP contribution in [0.25, 0.3) is 11.1 Å². The van der Waals surface area contributed by atoms with Crippen molar-refractivity contribution >= 4 is 17.6 Å². The van der Waals surface area contributed by atoms with E-state index in [1.165, 1.54) is 0 Å². The molecule has 0 aromatic heterocycles. The molecule has 0 fully saturated rings. The van der Waals surface area contributed by atoms with Crippen molar-refractivity contribution in [3.8, 4) is 40.2 Å². The van der Waals surface area contributed by atoms with Gasteiger partial charge in [0.05, 0.1) is 23.3 Å². The fourth-order valence-corrected chi connectivity index (χ4v) is 4.84. The molecule has 43 heavy (non-hydrogen) atoms. The number of halogens is 1. The molecule has 0 aliphatic carbocycles. The van der Waals surface area contributed by atoms with Gasteiger partial charge < -0.3 is 29.2 Å². The summed E-state index contributed by atoms with van der Waals surface area (Å²) < 4.78 is 23.6. The normalized spacial score (nSPS) is 12.7. The number of hydrogen-bond acceptors (Lipinski definition) is 8. The minimum Gasteiger partial charge on any atom is -0.489 e. The van der Waals surface area contributed by atoms with E-state index in [2.05, 4.69) is 11.4 Å². The van der Waals surface area contributed by atoms with Crippen LogP contribution in [0, 0.1) is 11.3 Å². The zero-order valence-corrected chi connectivity index (χ0v) is 23.8. The number of rotatable bonds is 12. The monoisotopic (exact) mass is 600 g/mol. The molecule has 1 unspecified atom stereocenters. The Hall–Kier alpha value is -4.75. The summed E-state index contributed by atoms with van der Waals surface area (Å²) in [5.41, 5.74) is 4.49. The van der Waals surface area contributed by atoms with Crippen molar-refractivity contribution in [2.24, 2.45) is 0 Å². The van der Waals surface area contributed by atoms with E-state index < -0.39 is 18.6 Å². The molecule has 9 nitrogen and oxygen atoms in total. The topological polar surface area (TPSA) is 130 Å². The molecule has 1 aliphatic rings. The Balaban J connectivity index is 1.34. The van der Waals surface area contributed by atoms with Gasteiger partial charge in [-0.1, -0.05) is 54.1 Å². The number of hydrogen-bond donors (Lipinski definition) is 3. The van der Waals surface area contributed by atoms with Gasteiger partial charge in [0.2, 0.25) is 0 Å². The second kappa shape index (κ2) is 13.9. The Morgan fingerprint density at radius 1 is 0.953 bits per heavy atom. The first-order valence-corrected chi connectivity index (χ1v) is 13.9. The Morgan fingerprint density at radius 3 is 2.56 bits per heavy atom. The van der Waals surface area contributed by atoms with Crippen LogP contribution in [-0.4, -0.2) is 42.0 Å². The maximum atomic E-state index is 11.4. The molecule has 0 bridgehead atoms. The van der Waals surface area contributed by atoms with Crippen LogP contribution in [0.3, 0.4) is 0 Å². The van der Waals surface area contributed by atoms with Gasteiger partial charge in [0.15, 0.2) is 11.5 Å². The highest BCUT2D eigenvalue weighted by atomic mass is 35.5. The van der Waals surface area contributed by atoms with E-state index >= 15 is 0 Å². The quantitative estimate of drug-likeness (QED) is 0.197. The van der Waals surface area contributed by atoms with E-state index in [9.17, 15) is 20.3 Å². The highest BCUT2D eigenvalue weighted by molar-refractivity contribution is 6.34. The zero-order valence-electron chi connectivity index (χ0n) is 23.1. The first kappa shape index (κ1) is 29.7. The lowest BCUT2D eigenvalue weighted by Gasteiger charge is -2.19. The summed E-state index contributed by atoms with van der Waals surface area (Å²) in [6, 6.07) is 24.8. The van der Waals surface area contributed by atoms with Crippen molar-refractivity contribution in [2.45, 2.75) is 25.8 Å². The van der Waals surface area contributed by atoms with E-state index in [-0.39, 0.29) is 19.8 Å². The molecule has 4 aromatic carbocycles. The van der Waals surface area contributed by atoms with Crippen LogP contribution in [-0.2, 0) is 24.6 Å². The van der Waals surface area contributed by atoms with Crippen LogP contribution in [0.1, 0.15) is 22.3 Å². The van der Waals surface area contributed by atoms with Crippen LogP contribution in [0.5, 0.6) is 23.0 Å². The fourth-order valence-electron chi connectivity index (χ4n) is 4.55. The fraction of sp³-hybridized carbons (Fsp3) is 0.212. The largest absolute Gasteiger partial charge is 0.489 e. The number of carbonyl (C=O) groups is 1. The lowest BCUT2D eigenvalue weighted by Crippen LogP contribution is -2.39. The Kier molecular flexibility index (Phi) is 9.64. The summed E-state index contributed by atoms with van der Waals surface area (Å²) in [4.78, 5) is 11.4. The minimum atomic E-state index is -1.16. The van der Waals surface area contributed by atoms with Gasteiger partial charge in [0, 0.05) is 29.3 Å². The van der Waals surface area contributed by atoms with E-state index in [4.69, 9.17) is 30.5 Å². The summed E-state index contributed by atoms with van der Waals surface area (Å²) in [5, 5.41) is 31.3. The zero-order chi connectivity index (χ0) is 30.2. The van der Waals surface area contributed by atoms with Crippen molar-refractivity contribution in [3.05, 3.63) is 106 Å². The molecule has 0 spiro atoms. The Bertz CT molecular complexity index is 1650. The van der Waals surface area contributed by atoms with Crippen molar-refractivity contribution < 1.29 is 34.0 Å². The lowest BCUT2D eigenvalue weighted by atomic mass is 10.0. The second-order valence-corrected chi connectivity index (χ2v) is 10.1. The third kappa shape index (κ3) is 7.37. The summed E-state index contributed by atoms with van der Waals surface area (Å²) in [6.45, 7) is 0.951. The predicted octanol–water partition coefficient (Wildman–Crippen LogP) is 5.34. The van der Waals surface area contributed by atoms with Gasteiger partial charge >= 0.3 is 5.97 Å². The van der Waals surface area contributed by atoms with Gasteiger partial charge in [0.1, 0.15) is 44.0 Å². The molecular formula is C33H29ClN2O7. The van der Waals surface area contributed by atoms with Gasteiger partial charge in [-0.3, -0.25) is 10.1 Å². The number of aliphatic hydroxyl groups is 1. The number of nitriles is 1. The number of carboxylic acids is 1. The standard InChI is InChI=1S/C33H29ClN2O7/c34-32-25(5-2-6-27(32)23-8-10-29-31(14-23)41-12-11-40-29)20-42-26-9-7-24(17-36-28(18-37)33(38)39)30(15-26)43-19-22-4-1-3-21(13-22)16-35/h1-10,13-15,28,36-37H,11-12,17-20H2,(H,38,39). The molecule has 0 saturated heterocycles. The summed E-state index contributed by atoms with van der Waals surface area (Å²) in [6.07, 6.45) is 0. The van der Waals surface area contributed by atoms with Gasteiger partial charge in [-0.05, 0) is 41.5 Å². The van der Waals surface area contributed by atoms with Gasteiger partial charge in [0.25, 0.3) is 0 Å². The molecule has 0 saturated carbocycles. The summed E-state index contributed by atoms with van der Waals surface area (Å²) >= 11 is 6.83. The minimum absolute atomic E-state index is 0.134. The van der Waals surface area contributed by atoms with Gasteiger partial charge in [-0.25, -0.2) is 0 Å². The molecule has 4 aromatic rings. The SMILES string of the molecule is N#Cc1cccc(COc2cc(OCc3cccc(-c4ccc5c(c4)OCCO5)c3Cl)ccc2CNC(CO)C(=O)O)c1. The molecule has 1 atom stereocenters. The summed E-state index contributed by atoms with van der Waals surface area (Å²) in [7, 11) is 0. The first-order chi connectivity index (χ1) is 20.9. The molecule has 1 aliphatic heterocycles. The van der Waals surface area contributed by atoms with E-state index in [0.29, 0.717) is 52.4 Å². The number of benzene rings is 4. The average molecular weight is 601 g/mol. The number of nitrogens with zero attached hydrogens (tertiary/aromatic N) is 1. The molecule has 220 valence electrons. The molecular weight excluding hydrogens is 572 g/mol. The number of ether oxygens (including phenoxy) is 4. The van der Waals surface area contributed by atoms with Crippen molar-refractivity contribution in [1.82, 2.24) is 5.32 Å². The average Bonchev–Trinajstić information content (AvgIpc) is 3.04. The van der Waals surface area contributed by atoms with Crippen molar-refractivity contribution in [1.29, 1.82) is 5.26 Å². The highest BCUT2D eigenvalue weighted by Gasteiger charge is 2.18. The van der Waals surface area contributed by atoms with Gasteiger partial charge in [-0.2, -0.15) is 5.26 Å². The van der Waals surface area contributed by atoms with Crippen LogP contribution in [0.4, 0.5) is 0 Å². The number of nitrogens with one attached hydrogen (secondary N) is 1. The summed E-state index contributed by atoms with van der Waals surface area (Å²) in [5.74, 6) is 1.20. The number of fused-ring (bicyclic) bond motifs is 1. The molecule has 1 heterocycles. The molecule has 0 radical (unpaired) electrons. The van der Waals surface area contributed by atoms with Gasteiger partial charge in [-0.15, -0.1) is 0 Å². The Labute approximate surface area is 253 Å². The Morgan fingerprint density at radius 2 is 1.77 bits per heavy atom. The van der Waals surface area contributed by atoms with E-state index in [1.54, 1.807) is 36.4 Å². The molecule has 3 N–H and O–H groups in total. The van der Waals surface area contributed by atoms with E-state index in [1.807, 2.05) is 42.5 Å². The first-order valence-electron chi connectivity index (χ1n) is 13.6. The molecule has 10 heteroatoms. The van der Waals surface area contributed by atoms with Crippen LogP contribution in [0.2, 0.25) is 5.02 Å². The predicted molar refractivity (Wildman–Crippen MR) is 159 cm³/mol. The number of aliphatic hydroxyl groups excluding tert-OH is 1. The third-order valence-corrected chi connectivity index (χ3v) is 7.28. The number of carboxylic acid groups (broad SMARTS) is 1. The lowest BCUT2D eigenvalue weighted by molar-refractivity contribution is -0.140. The van der Waals surface area contributed by atoms with Crippen molar-refractivity contribution in [3.63, 3.8) is 0 Å². The molecule has 0 amide bonds. The van der Waals surface area contributed by atoms with Crippen molar-refractivity contribution in [2.75, 3.05) is 19.8 Å². The third-order valence-electron chi connectivity index (χ3n) is 6.83.